The molecule has 0 aliphatic rings. The molecule has 0 aliphatic heterocycles. The zero-order valence-corrected chi connectivity index (χ0v) is 20.2. The van der Waals surface area contributed by atoms with Gasteiger partial charge in [-0.3, -0.25) is 10.3 Å². The van der Waals surface area contributed by atoms with Gasteiger partial charge in [0.1, 0.15) is 5.82 Å². The Kier molecular flexibility index (Phi) is 7.34. The fraction of sp³-hybridized carbons (Fsp3) is 0.167. The smallest absolute Gasteiger partial charge is 0.229 e. The van der Waals surface area contributed by atoms with Crippen molar-refractivity contribution in [1.29, 1.82) is 0 Å². The number of benzene rings is 2. The number of fused-ring (bicyclic) bond motifs is 1. The zero-order valence-electron chi connectivity index (χ0n) is 18.6. The standard InChI is InChI=1S/C24H23ClFN7S/c1-14-11-15(2)30-23(29-14)32-22(33-24(34)31-21-6-4-3-5-19(21)25)27-10-9-16-13-28-20-8-7-17(26)12-18(16)20/h3-8,11-13,28H,9-10H2,1-2H3,(H3,27,29,30,31,32,33,34). The van der Waals surface area contributed by atoms with Crippen LogP contribution in [-0.4, -0.2) is 32.6 Å². The maximum atomic E-state index is 13.7. The highest BCUT2D eigenvalue weighted by Gasteiger charge is 2.09. The van der Waals surface area contributed by atoms with Gasteiger partial charge in [0.2, 0.25) is 11.9 Å². The van der Waals surface area contributed by atoms with Crippen LogP contribution in [0.4, 0.5) is 16.0 Å². The number of aromatic amines is 1. The summed E-state index contributed by atoms with van der Waals surface area (Å²) in [7, 11) is 0. The number of guanidine groups is 1. The van der Waals surface area contributed by atoms with Crippen molar-refractivity contribution >= 4 is 57.4 Å². The van der Waals surface area contributed by atoms with E-state index in [2.05, 4.69) is 35.9 Å². The van der Waals surface area contributed by atoms with Gasteiger partial charge in [-0.1, -0.05) is 23.7 Å². The second kappa shape index (κ2) is 10.6. The molecule has 2 aromatic heterocycles. The first-order chi connectivity index (χ1) is 16.4. The fourth-order valence-corrected chi connectivity index (χ4v) is 3.86. The zero-order chi connectivity index (χ0) is 24.1. The quantitative estimate of drug-likeness (QED) is 0.169. The highest BCUT2D eigenvalue weighted by atomic mass is 35.5. The van der Waals surface area contributed by atoms with Crippen LogP contribution in [0.15, 0.2) is 59.7 Å². The summed E-state index contributed by atoms with van der Waals surface area (Å²) in [6.45, 7) is 4.20. The average Bonchev–Trinajstić information content (AvgIpc) is 3.16. The first-order valence-electron chi connectivity index (χ1n) is 10.6. The third-order valence-corrected chi connectivity index (χ3v) is 5.48. The number of rotatable bonds is 5. The predicted molar refractivity (Wildman–Crippen MR) is 140 cm³/mol. The number of thiocarbonyl (C=S) groups is 1. The largest absolute Gasteiger partial charge is 0.361 e. The number of anilines is 2. The molecular weight excluding hydrogens is 473 g/mol. The number of aryl methyl sites for hydroxylation is 2. The van der Waals surface area contributed by atoms with Crippen LogP contribution >= 0.6 is 23.8 Å². The molecule has 174 valence electrons. The molecule has 0 radical (unpaired) electrons. The number of hydrogen-bond acceptors (Lipinski definition) is 4. The maximum Gasteiger partial charge on any atom is 0.229 e. The van der Waals surface area contributed by atoms with Crippen molar-refractivity contribution in [2.75, 3.05) is 17.2 Å². The van der Waals surface area contributed by atoms with Gasteiger partial charge in [0.25, 0.3) is 0 Å². The van der Waals surface area contributed by atoms with E-state index < -0.39 is 0 Å². The number of para-hydroxylation sites is 1. The van der Waals surface area contributed by atoms with E-state index in [1.165, 1.54) is 12.1 Å². The first-order valence-corrected chi connectivity index (χ1v) is 11.4. The molecule has 2 aromatic carbocycles. The van der Waals surface area contributed by atoms with Crippen LogP contribution in [0.3, 0.4) is 0 Å². The van der Waals surface area contributed by atoms with Gasteiger partial charge < -0.3 is 15.6 Å². The van der Waals surface area contributed by atoms with Gasteiger partial charge >= 0.3 is 0 Å². The number of hydrogen-bond donors (Lipinski definition) is 4. The highest BCUT2D eigenvalue weighted by molar-refractivity contribution is 7.80. The molecule has 0 saturated carbocycles. The third kappa shape index (κ3) is 6.06. The third-order valence-electron chi connectivity index (χ3n) is 4.95. The summed E-state index contributed by atoms with van der Waals surface area (Å²) in [5.74, 6) is 0.503. The number of halogens is 2. The Morgan fingerprint density at radius 3 is 2.62 bits per heavy atom. The van der Waals surface area contributed by atoms with Crippen LogP contribution in [0.1, 0.15) is 17.0 Å². The van der Waals surface area contributed by atoms with Crippen LogP contribution in [0.2, 0.25) is 5.02 Å². The van der Waals surface area contributed by atoms with E-state index in [-0.39, 0.29) is 5.82 Å². The maximum absolute atomic E-state index is 13.7. The van der Waals surface area contributed by atoms with E-state index in [9.17, 15) is 4.39 Å². The average molecular weight is 496 g/mol. The van der Waals surface area contributed by atoms with E-state index in [0.29, 0.717) is 40.7 Å². The van der Waals surface area contributed by atoms with Gasteiger partial charge in [0, 0.05) is 35.0 Å². The molecule has 0 fully saturated rings. The summed E-state index contributed by atoms with van der Waals surface area (Å²) in [6.07, 6.45) is 2.46. The molecule has 0 amide bonds. The molecule has 7 nitrogen and oxygen atoms in total. The van der Waals surface area contributed by atoms with Crippen molar-refractivity contribution in [3.8, 4) is 0 Å². The minimum atomic E-state index is -0.274. The number of aromatic nitrogens is 3. The molecule has 0 atom stereocenters. The predicted octanol–water partition coefficient (Wildman–Crippen LogP) is 5.36. The molecular formula is C24H23ClFN7S. The molecule has 4 N–H and O–H groups in total. The number of nitrogens with zero attached hydrogens (tertiary/aromatic N) is 3. The Bertz CT molecular complexity index is 1350. The molecule has 4 rings (SSSR count). The van der Waals surface area contributed by atoms with Crippen molar-refractivity contribution in [2.45, 2.75) is 20.3 Å². The van der Waals surface area contributed by atoms with Crippen LogP contribution in [0, 0.1) is 19.7 Å². The van der Waals surface area contributed by atoms with Gasteiger partial charge in [0.15, 0.2) is 5.11 Å². The van der Waals surface area contributed by atoms with E-state index in [1.807, 2.05) is 44.3 Å². The molecule has 0 aliphatic carbocycles. The van der Waals surface area contributed by atoms with Crippen molar-refractivity contribution in [3.63, 3.8) is 0 Å². The van der Waals surface area contributed by atoms with Gasteiger partial charge in [-0.05, 0) is 74.4 Å². The van der Waals surface area contributed by atoms with Crippen molar-refractivity contribution in [3.05, 3.63) is 82.5 Å². The van der Waals surface area contributed by atoms with Gasteiger partial charge in [0.05, 0.1) is 10.7 Å². The molecule has 2 heterocycles. The summed E-state index contributed by atoms with van der Waals surface area (Å²) < 4.78 is 13.7. The van der Waals surface area contributed by atoms with E-state index in [0.717, 1.165) is 27.9 Å². The summed E-state index contributed by atoms with van der Waals surface area (Å²) in [5, 5.41) is 10.9. The Hall–Kier alpha value is -3.56. The molecule has 0 saturated heterocycles. The molecule has 0 bridgehead atoms. The summed E-state index contributed by atoms with van der Waals surface area (Å²) in [6, 6.07) is 13.9. The monoisotopic (exact) mass is 495 g/mol. The van der Waals surface area contributed by atoms with Crippen LogP contribution in [0.25, 0.3) is 10.9 Å². The lowest BCUT2D eigenvalue weighted by Gasteiger charge is -2.15. The summed E-state index contributed by atoms with van der Waals surface area (Å²) >= 11 is 11.7. The SMILES string of the molecule is Cc1cc(C)nc(NC(=NCCc2c[nH]c3ccc(F)cc23)NC(=S)Nc2ccccc2Cl)n1. The van der Waals surface area contributed by atoms with Gasteiger partial charge in [-0.25, -0.2) is 14.4 Å². The lowest BCUT2D eigenvalue weighted by Crippen LogP contribution is -2.39. The fourth-order valence-electron chi connectivity index (χ4n) is 3.47. The molecule has 0 unspecified atom stereocenters. The van der Waals surface area contributed by atoms with E-state index >= 15 is 0 Å². The van der Waals surface area contributed by atoms with Crippen LogP contribution in [-0.2, 0) is 6.42 Å². The van der Waals surface area contributed by atoms with Crippen molar-refractivity contribution < 1.29 is 4.39 Å². The first kappa shape index (κ1) is 23.6. The minimum absolute atomic E-state index is 0.274. The minimum Gasteiger partial charge on any atom is -0.361 e. The van der Waals surface area contributed by atoms with Gasteiger partial charge in [-0.15, -0.1) is 0 Å². The topological polar surface area (TPSA) is 90.0 Å². The molecule has 4 aromatic rings. The highest BCUT2D eigenvalue weighted by Crippen LogP contribution is 2.21. The summed E-state index contributed by atoms with van der Waals surface area (Å²) in [5.41, 5.74) is 4.17. The van der Waals surface area contributed by atoms with Crippen LogP contribution < -0.4 is 16.0 Å². The van der Waals surface area contributed by atoms with Crippen molar-refractivity contribution in [1.82, 2.24) is 20.3 Å². The second-order valence-corrected chi connectivity index (χ2v) is 8.46. The lowest BCUT2D eigenvalue weighted by molar-refractivity contribution is 0.629. The second-order valence-electron chi connectivity index (χ2n) is 7.64. The number of nitrogens with one attached hydrogen (secondary N) is 4. The molecule has 10 heteroatoms. The Balaban J connectivity index is 1.52. The number of H-pyrrole nitrogens is 1. The lowest BCUT2D eigenvalue weighted by atomic mass is 10.1. The molecule has 0 spiro atoms. The normalized spacial score (nSPS) is 11.5. The van der Waals surface area contributed by atoms with E-state index in [1.54, 1.807) is 12.1 Å². The number of aliphatic imine (C=N–C) groups is 1. The van der Waals surface area contributed by atoms with Gasteiger partial charge in [-0.2, -0.15) is 0 Å². The Morgan fingerprint density at radius 1 is 1.09 bits per heavy atom. The van der Waals surface area contributed by atoms with Crippen molar-refractivity contribution in [2.24, 2.45) is 4.99 Å². The van der Waals surface area contributed by atoms with E-state index in [4.69, 9.17) is 23.8 Å². The summed E-state index contributed by atoms with van der Waals surface area (Å²) in [4.78, 5) is 16.6. The Labute approximate surface area is 206 Å². The molecule has 34 heavy (non-hydrogen) atoms. The Morgan fingerprint density at radius 2 is 1.85 bits per heavy atom. The van der Waals surface area contributed by atoms with Crippen LogP contribution in [0.5, 0.6) is 0 Å².